The van der Waals surface area contributed by atoms with Gasteiger partial charge in [0, 0.05) is 17.8 Å². The number of ether oxygens (including phenoxy) is 1. The number of carbonyl (C=O) groups excluding carboxylic acids is 1. The number of hydrogen-bond acceptors (Lipinski definition) is 5. The van der Waals surface area contributed by atoms with E-state index in [1.807, 2.05) is 36.4 Å². The molecule has 7 heteroatoms. The van der Waals surface area contributed by atoms with E-state index in [0.29, 0.717) is 29.0 Å². The van der Waals surface area contributed by atoms with Crippen LogP contribution in [-0.4, -0.2) is 29.5 Å². The fourth-order valence-corrected chi connectivity index (χ4v) is 2.60. The lowest BCUT2D eigenvalue weighted by molar-refractivity contribution is 0.102. The second-order valence-corrected chi connectivity index (χ2v) is 6.16. The summed E-state index contributed by atoms with van der Waals surface area (Å²) in [6.45, 7) is 0.638. The van der Waals surface area contributed by atoms with Gasteiger partial charge in [-0.05, 0) is 42.3 Å². The fourth-order valence-electron chi connectivity index (χ4n) is 2.47. The van der Waals surface area contributed by atoms with Gasteiger partial charge in [0.2, 0.25) is 5.95 Å². The summed E-state index contributed by atoms with van der Waals surface area (Å²) in [5.74, 6) is 0.653. The predicted molar refractivity (Wildman–Crippen MR) is 107 cm³/mol. The van der Waals surface area contributed by atoms with E-state index in [9.17, 15) is 4.79 Å². The molecule has 27 heavy (non-hydrogen) atoms. The maximum absolute atomic E-state index is 12.5. The quantitative estimate of drug-likeness (QED) is 0.644. The third-order valence-corrected chi connectivity index (χ3v) is 4.11. The summed E-state index contributed by atoms with van der Waals surface area (Å²) in [5, 5.41) is 6.64. The standard InChI is InChI=1S/C20H19ClN4O2/c1-27-18-5-3-2-4-16(18)24-19(26)17-11-13-23-20(25-17)22-12-10-14-6-8-15(21)9-7-14/h2-9,11,13H,10,12H2,1H3,(H,24,26)(H,22,23,25). The number of benzene rings is 2. The molecule has 3 aromatic rings. The first-order chi connectivity index (χ1) is 13.2. The van der Waals surface area contributed by atoms with Crippen LogP contribution in [-0.2, 0) is 6.42 Å². The van der Waals surface area contributed by atoms with Crippen molar-refractivity contribution in [2.75, 3.05) is 24.3 Å². The number of methoxy groups -OCH3 is 1. The van der Waals surface area contributed by atoms with Gasteiger partial charge in [0.25, 0.3) is 5.91 Å². The zero-order chi connectivity index (χ0) is 19.1. The third-order valence-electron chi connectivity index (χ3n) is 3.85. The number of rotatable bonds is 7. The molecular weight excluding hydrogens is 364 g/mol. The van der Waals surface area contributed by atoms with Crippen LogP contribution < -0.4 is 15.4 Å². The van der Waals surface area contributed by atoms with Crippen molar-refractivity contribution in [3.8, 4) is 5.75 Å². The molecule has 6 nitrogen and oxygen atoms in total. The van der Waals surface area contributed by atoms with Gasteiger partial charge in [-0.25, -0.2) is 9.97 Å². The van der Waals surface area contributed by atoms with E-state index in [1.54, 1.807) is 31.5 Å². The van der Waals surface area contributed by atoms with Crippen LogP contribution >= 0.6 is 11.6 Å². The molecule has 1 heterocycles. The number of anilines is 2. The lowest BCUT2D eigenvalue weighted by Crippen LogP contribution is -2.16. The first-order valence-corrected chi connectivity index (χ1v) is 8.79. The smallest absolute Gasteiger partial charge is 0.274 e. The molecule has 2 aromatic carbocycles. The van der Waals surface area contributed by atoms with Gasteiger partial charge in [-0.3, -0.25) is 4.79 Å². The van der Waals surface area contributed by atoms with Crippen LogP contribution in [0.2, 0.25) is 5.02 Å². The largest absolute Gasteiger partial charge is 0.495 e. The second kappa shape index (κ2) is 9.00. The van der Waals surface area contributed by atoms with Gasteiger partial charge in [0.15, 0.2) is 0 Å². The monoisotopic (exact) mass is 382 g/mol. The van der Waals surface area contributed by atoms with Crippen molar-refractivity contribution >= 4 is 29.1 Å². The Kier molecular flexibility index (Phi) is 6.22. The maximum atomic E-state index is 12.5. The number of carbonyl (C=O) groups is 1. The predicted octanol–water partition coefficient (Wildman–Crippen LogP) is 4.05. The third kappa shape index (κ3) is 5.18. The van der Waals surface area contributed by atoms with E-state index in [-0.39, 0.29) is 11.6 Å². The number of halogens is 1. The van der Waals surface area contributed by atoms with Crippen molar-refractivity contribution < 1.29 is 9.53 Å². The van der Waals surface area contributed by atoms with Crippen molar-refractivity contribution in [1.29, 1.82) is 0 Å². The minimum atomic E-state index is -0.331. The minimum absolute atomic E-state index is 0.268. The Hall–Kier alpha value is -3.12. The average Bonchev–Trinajstić information content (AvgIpc) is 2.70. The van der Waals surface area contributed by atoms with E-state index in [2.05, 4.69) is 20.6 Å². The molecule has 0 saturated carbocycles. The molecular formula is C20H19ClN4O2. The zero-order valence-electron chi connectivity index (χ0n) is 14.8. The van der Waals surface area contributed by atoms with Crippen LogP contribution in [0.4, 0.5) is 11.6 Å². The minimum Gasteiger partial charge on any atom is -0.495 e. The Bertz CT molecular complexity index is 916. The summed E-state index contributed by atoms with van der Waals surface area (Å²) in [7, 11) is 1.55. The Labute approximate surface area is 162 Å². The summed E-state index contributed by atoms with van der Waals surface area (Å²) in [5.41, 5.74) is 2.00. The van der Waals surface area contributed by atoms with E-state index >= 15 is 0 Å². The molecule has 0 aliphatic rings. The topological polar surface area (TPSA) is 76.1 Å². The van der Waals surface area contributed by atoms with Crippen LogP contribution in [0.15, 0.2) is 60.8 Å². The SMILES string of the molecule is COc1ccccc1NC(=O)c1ccnc(NCCc2ccc(Cl)cc2)n1. The van der Waals surface area contributed by atoms with Gasteiger partial charge >= 0.3 is 0 Å². The summed E-state index contributed by atoms with van der Waals surface area (Å²) < 4.78 is 5.24. The molecule has 138 valence electrons. The highest BCUT2D eigenvalue weighted by Gasteiger charge is 2.11. The van der Waals surface area contributed by atoms with Gasteiger partial charge in [-0.1, -0.05) is 35.9 Å². The van der Waals surface area contributed by atoms with Crippen LogP contribution in [0, 0.1) is 0 Å². The van der Waals surface area contributed by atoms with E-state index in [4.69, 9.17) is 16.3 Å². The van der Waals surface area contributed by atoms with Gasteiger partial charge in [-0.15, -0.1) is 0 Å². The molecule has 0 bridgehead atoms. The zero-order valence-corrected chi connectivity index (χ0v) is 15.5. The van der Waals surface area contributed by atoms with Gasteiger partial charge in [0.05, 0.1) is 12.8 Å². The fraction of sp³-hybridized carbons (Fsp3) is 0.150. The molecule has 1 amide bonds. The highest BCUT2D eigenvalue weighted by atomic mass is 35.5. The number of nitrogens with one attached hydrogen (secondary N) is 2. The summed E-state index contributed by atoms with van der Waals surface area (Å²) in [6, 6.07) is 16.4. The van der Waals surface area contributed by atoms with Gasteiger partial charge in [-0.2, -0.15) is 0 Å². The number of nitrogens with zero attached hydrogens (tertiary/aromatic N) is 2. The summed E-state index contributed by atoms with van der Waals surface area (Å²) >= 11 is 5.88. The van der Waals surface area contributed by atoms with Crippen LogP contribution in [0.25, 0.3) is 0 Å². The number of aromatic nitrogens is 2. The van der Waals surface area contributed by atoms with E-state index in [0.717, 1.165) is 12.0 Å². The molecule has 0 atom stereocenters. The first-order valence-electron chi connectivity index (χ1n) is 8.41. The number of para-hydroxylation sites is 2. The van der Waals surface area contributed by atoms with Gasteiger partial charge in [0.1, 0.15) is 11.4 Å². The summed E-state index contributed by atoms with van der Waals surface area (Å²) in [4.78, 5) is 20.9. The highest BCUT2D eigenvalue weighted by Crippen LogP contribution is 2.23. The number of amides is 1. The molecule has 0 radical (unpaired) electrons. The maximum Gasteiger partial charge on any atom is 0.274 e. The highest BCUT2D eigenvalue weighted by molar-refractivity contribution is 6.30. The Morgan fingerprint density at radius 1 is 1.11 bits per heavy atom. The van der Waals surface area contributed by atoms with Crippen molar-refractivity contribution in [1.82, 2.24) is 9.97 Å². The second-order valence-electron chi connectivity index (χ2n) is 5.72. The molecule has 0 aliphatic carbocycles. The van der Waals surface area contributed by atoms with Crippen molar-refractivity contribution in [2.45, 2.75) is 6.42 Å². The first kappa shape index (κ1) is 18.7. The van der Waals surface area contributed by atoms with Crippen LogP contribution in [0.5, 0.6) is 5.75 Å². The van der Waals surface area contributed by atoms with Crippen molar-refractivity contribution in [3.05, 3.63) is 77.1 Å². The Morgan fingerprint density at radius 3 is 2.67 bits per heavy atom. The van der Waals surface area contributed by atoms with Crippen LogP contribution in [0.1, 0.15) is 16.1 Å². The molecule has 0 spiro atoms. The normalized spacial score (nSPS) is 10.3. The summed E-state index contributed by atoms with van der Waals surface area (Å²) in [6.07, 6.45) is 2.34. The van der Waals surface area contributed by atoms with Gasteiger partial charge < -0.3 is 15.4 Å². The molecule has 1 aromatic heterocycles. The molecule has 2 N–H and O–H groups in total. The lowest BCUT2D eigenvalue weighted by atomic mass is 10.1. The lowest BCUT2D eigenvalue weighted by Gasteiger charge is -2.10. The molecule has 0 unspecified atom stereocenters. The Morgan fingerprint density at radius 2 is 1.89 bits per heavy atom. The van der Waals surface area contributed by atoms with Crippen molar-refractivity contribution in [3.63, 3.8) is 0 Å². The Balaban J connectivity index is 1.60. The van der Waals surface area contributed by atoms with E-state index in [1.165, 1.54) is 0 Å². The number of hydrogen-bond donors (Lipinski definition) is 2. The van der Waals surface area contributed by atoms with E-state index < -0.39 is 0 Å². The average molecular weight is 383 g/mol. The molecule has 0 aliphatic heterocycles. The molecule has 3 rings (SSSR count). The molecule has 0 fully saturated rings. The molecule has 0 saturated heterocycles. The van der Waals surface area contributed by atoms with Crippen LogP contribution in [0.3, 0.4) is 0 Å². The van der Waals surface area contributed by atoms with Crippen molar-refractivity contribution in [2.24, 2.45) is 0 Å².